The van der Waals surface area contributed by atoms with Gasteiger partial charge in [-0.25, -0.2) is 8.42 Å². The SMILES string of the molecule is COc1ccc(S(=O)(=O)N2CC(C(=O)NCc3ccccc3)C(c3cccc(OC)c3OC)C2)cc1. The summed E-state index contributed by atoms with van der Waals surface area (Å²) in [6.07, 6.45) is 0. The summed E-state index contributed by atoms with van der Waals surface area (Å²) in [4.78, 5) is 13.6. The number of para-hydroxylation sites is 1. The fourth-order valence-electron chi connectivity index (χ4n) is 4.56. The molecule has 0 radical (unpaired) electrons. The van der Waals surface area contributed by atoms with Gasteiger partial charge >= 0.3 is 0 Å². The van der Waals surface area contributed by atoms with E-state index in [0.717, 1.165) is 11.1 Å². The minimum absolute atomic E-state index is 0.0417. The number of rotatable bonds is 9. The number of hydrogen-bond acceptors (Lipinski definition) is 6. The van der Waals surface area contributed by atoms with E-state index in [2.05, 4.69) is 5.32 Å². The third kappa shape index (κ3) is 5.17. The Morgan fingerprint density at radius 1 is 0.889 bits per heavy atom. The molecule has 9 heteroatoms. The van der Waals surface area contributed by atoms with Crippen LogP contribution >= 0.6 is 0 Å². The van der Waals surface area contributed by atoms with Crippen LogP contribution in [0.2, 0.25) is 0 Å². The zero-order valence-corrected chi connectivity index (χ0v) is 21.3. The van der Waals surface area contributed by atoms with Crippen molar-refractivity contribution < 1.29 is 27.4 Å². The summed E-state index contributed by atoms with van der Waals surface area (Å²) in [7, 11) is 0.752. The van der Waals surface area contributed by atoms with Gasteiger partial charge in [0.15, 0.2) is 11.5 Å². The molecule has 8 nitrogen and oxygen atoms in total. The minimum atomic E-state index is -3.85. The number of nitrogens with zero attached hydrogens (tertiary/aromatic N) is 1. The fraction of sp³-hybridized carbons (Fsp3) is 0.296. The summed E-state index contributed by atoms with van der Waals surface area (Å²) >= 11 is 0. The zero-order chi connectivity index (χ0) is 25.7. The number of nitrogens with one attached hydrogen (secondary N) is 1. The molecule has 2 unspecified atom stereocenters. The molecule has 1 fully saturated rings. The van der Waals surface area contributed by atoms with Crippen molar-refractivity contribution in [2.75, 3.05) is 34.4 Å². The van der Waals surface area contributed by atoms with E-state index in [0.29, 0.717) is 23.8 Å². The van der Waals surface area contributed by atoms with Crippen molar-refractivity contribution in [1.29, 1.82) is 0 Å². The predicted molar refractivity (Wildman–Crippen MR) is 136 cm³/mol. The van der Waals surface area contributed by atoms with Gasteiger partial charge in [-0.15, -0.1) is 0 Å². The van der Waals surface area contributed by atoms with Crippen LogP contribution < -0.4 is 19.5 Å². The molecule has 190 valence electrons. The molecule has 36 heavy (non-hydrogen) atoms. The molecule has 3 aromatic carbocycles. The standard InChI is InChI=1S/C27H30N2O6S/c1-33-20-12-14-21(15-13-20)36(31,32)29-17-23(22-10-7-11-25(34-2)26(22)35-3)24(18-29)27(30)28-16-19-8-5-4-6-9-19/h4-15,23-24H,16-18H2,1-3H3,(H,28,30). The van der Waals surface area contributed by atoms with Gasteiger partial charge in [0.05, 0.1) is 32.1 Å². The maximum Gasteiger partial charge on any atom is 0.243 e. The Kier molecular flexibility index (Phi) is 7.81. The molecule has 0 aromatic heterocycles. The molecule has 3 aromatic rings. The molecule has 1 heterocycles. The second kappa shape index (κ2) is 11.0. The highest BCUT2D eigenvalue weighted by Crippen LogP contribution is 2.43. The summed E-state index contributed by atoms with van der Waals surface area (Å²) in [5, 5.41) is 2.98. The minimum Gasteiger partial charge on any atom is -0.497 e. The highest BCUT2D eigenvalue weighted by Gasteiger charge is 2.44. The molecule has 1 aliphatic rings. The van der Waals surface area contributed by atoms with E-state index in [1.165, 1.54) is 30.7 Å². The summed E-state index contributed by atoms with van der Waals surface area (Å²) in [5.41, 5.74) is 1.69. The molecule has 1 N–H and O–H groups in total. The zero-order valence-electron chi connectivity index (χ0n) is 20.5. The number of ether oxygens (including phenoxy) is 3. The van der Waals surface area contributed by atoms with Crippen LogP contribution in [0.25, 0.3) is 0 Å². The lowest BCUT2D eigenvalue weighted by Gasteiger charge is -2.22. The van der Waals surface area contributed by atoms with Crippen molar-refractivity contribution in [3.05, 3.63) is 83.9 Å². The van der Waals surface area contributed by atoms with Gasteiger partial charge in [0.1, 0.15) is 5.75 Å². The van der Waals surface area contributed by atoms with Gasteiger partial charge in [-0.3, -0.25) is 4.79 Å². The van der Waals surface area contributed by atoms with Crippen LogP contribution in [0.15, 0.2) is 77.7 Å². The van der Waals surface area contributed by atoms with Crippen LogP contribution in [0.3, 0.4) is 0 Å². The van der Waals surface area contributed by atoms with Crippen LogP contribution in [0.1, 0.15) is 17.0 Å². The molecule has 1 saturated heterocycles. The maximum absolute atomic E-state index is 13.5. The number of carbonyl (C=O) groups is 1. The van der Waals surface area contributed by atoms with Gasteiger partial charge in [-0.1, -0.05) is 42.5 Å². The first-order chi connectivity index (χ1) is 17.4. The number of carbonyl (C=O) groups excluding carboxylic acids is 1. The third-order valence-corrected chi connectivity index (χ3v) is 8.31. The highest BCUT2D eigenvalue weighted by atomic mass is 32.2. The largest absolute Gasteiger partial charge is 0.497 e. The smallest absolute Gasteiger partial charge is 0.243 e. The lowest BCUT2D eigenvalue weighted by atomic mass is 9.87. The summed E-state index contributed by atoms with van der Waals surface area (Å²) < 4.78 is 44.7. The van der Waals surface area contributed by atoms with E-state index in [4.69, 9.17) is 14.2 Å². The number of amides is 1. The van der Waals surface area contributed by atoms with Gasteiger partial charge in [0, 0.05) is 31.1 Å². The second-order valence-electron chi connectivity index (χ2n) is 8.50. The average Bonchev–Trinajstić information content (AvgIpc) is 3.38. The van der Waals surface area contributed by atoms with Gasteiger partial charge in [-0.05, 0) is 35.9 Å². The van der Waals surface area contributed by atoms with Gasteiger partial charge in [0.25, 0.3) is 0 Å². The lowest BCUT2D eigenvalue weighted by Crippen LogP contribution is -2.35. The van der Waals surface area contributed by atoms with E-state index < -0.39 is 21.9 Å². The van der Waals surface area contributed by atoms with Crippen molar-refractivity contribution in [2.24, 2.45) is 5.92 Å². The predicted octanol–water partition coefficient (Wildman–Crippen LogP) is 3.43. The molecular formula is C27H30N2O6S. The fourth-order valence-corrected chi connectivity index (χ4v) is 6.05. The van der Waals surface area contributed by atoms with Crippen molar-refractivity contribution >= 4 is 15.9 Å². The van der Waals surface area contributed by atoms with Crippen LogP contribution in [-0.4, -0.2) is 53.0 Å². The van der Waals surface area contributed by atoms with Gasteiger partial charge in [0.2, 0.25) is 15.9 Å². The van der Waals surface area contributed by atoms with Crippen LogP contribution in [-0.2, 0) is 21.4 Å². The van der Waals surface area contributed by atoms with Crippen molar-refractivity contribution in [3.8, 4) is 17.2 Å². The van der Waals surface area contributed by atoms with Gasteiger partial charge < -0.3 is 19.5 Å². The molecular weight excluding hydrogens is 480 g/mol. The molecule has 2 atom stereocenters. The van der Waals surface area contributed by atoms with Crippen LogP contribution in [0.4, 0.5) is 0 Å². The number of hydrogen-bond donors (Lipinski definition) is 1. The first-order valence-electron chi connectivity index (χ1n) is 11.6. The van der Waals surface area contributed by atoms with E-state index in [1.807, 2.05) is 42.5 Å². The van der Waals surface area contributed by atoms with E-state index in [1.54, 1.807) is 25.3 Å². The Morgan fingerprint density at radius 2 is 1.61 bits per heavy atom. The monoisotopic (exact) mass is 510 g/mol. The first-order valence-corrected chi connectivity index (χ1v) is 13.0. The molecule has 0 bridgehead atoms. The van der Waals surface area contributed by atoms with Crippen molar-refractivity contribution in [1.82, 2.24) is 9.62 Å². The normalized spacial score (nSPS) is 18.0. The molecule has 1 amide bonds. The Balaban J connectivity index is 1.67. The van der Waals surface area contributed by atoms with Crippen LogP contribution in [0.5, 0.6) is 17.2 Å². The lowest BCUT2D eigenvalue weighted by molar-refractivity contribution is -0.125. The first kappa shape index (κ1) is 25.5. The third-order valence-electron chi connectivity index (χ3n) is 6.46. The molecule has 1 aliphatic heterocycles. The second-order valence-corrected chi connectivity index (χ2v) is 10.4. The molecule has 0 aliphatic carbocycles. The van der Waals surface area contributed by atoms with E-state index >= 15 is 0 Å². The summed E-state index contributed by atoms with van der Waals surface area (Å²) in [6, 6.07) is 21.3. The molecule has 4 rings (SSSR count). The molecule has 0 saturated carbocycles. The quantitative estimate of drug-likeness (QED) is 0.474. The summed E-state index contributed by atoms with van der Waals surface area (Å²) in [5.74, 6) is 0.305. The van der Waals surface area contributed by atoms with E-state index in [9.17, 15) is 13.2 Å². The Bertz CT molecular complexity index is 1300. The van der Waals surface area contributed by atoms with Gasteiger partial charge in [-0.2, -0.15) is 4.31 Å². The van der Waals surface area contributed by atoms with E-state index in [-0.39, 0.29) is 23.9 Å². The number of benzene rings is 3. The molecule has 0 spiro atoms. The Morgan fingerprint density at radius 3 is 2.25 bits per heavy atom. The maximum atomic E-state index is 13.5. The van der Waals surface area contributed by atoms with Crippen LogP contribution in [0, 0.1) is 5.92 Å². The Hall–Kier alpha value is -3.56. The summed E-state index contributed by atoms with van der Waals surface area (Å²) in [6.45, 7) is 0.519. The number of sulfonamides is 1. The van der Waals surface area contributed by atoms with Crippen molar-refractivity contribution in [2.45, 2.75) is 17.4 Å². The number of methoxy groups -OCH3 is 3. The highest BCUT2D eigenvalue weighted by molar-refractivity contribution is 7.89. The van der Waals surface area contributed by atoms with Crippen molar-refractivity contribution in [3.63, 3.8) is 0 Å². The topological polar surface area (TPSA) is 94.2 Å². The Labute approximate surface area is 211 Å². The average molecular weight is 511 g/mol.